The Bertz CT molecular complexity index is 484. The predicted octanol–water partition coefficient (Wildman–Crippen LogP) is 5.97. The molecular formula is C22H40O4. The molecule has 1 aliphatic heterocycles. The minimum absolute atomic E-state index is 0.178. The van der Waals surface area contributed by atoms with Crippen LogP contribution in [0.3, 0.4) is 0 Å². The number of hydrogen-bond acceptors (Lipinski definition) is 4. The van der Waals surface area contributed by atoms with Crippen LogP contribution < -0.4 is 0 Å². The third-order valence-corrected chi connectivity index (χ3v) is 8.70. The molecule has 6 unspecified atom stereocenters. The van der Waals surface area contributed by atoms with Crippen LogP contribution in [0.4, 0.5) is 0 Å². The van der Waals surface area contributed by atoms with Crippen LogP contribution >= 0.6 is 0 Å². The van der Waals surface area contributed by atoms with Gasteiger partial charge in [-0.1, -0.05) is 69.2 Å². The first-order chi connectivity index (χ1) is 11.8. The largest absolute Gasteiger partial charge is 0.241 e. The van der Waals surface area contributed by atoms with Crippen LogP contribution in [0, 0.1) is 46.3 Å². The van der Waals surface area contributed by atoms with Crippen LogP contribution in [-0.4, -0.2) is 11.6 Å². The van der Waals surface area contributed by atoms with Crippen molar-refractivity contribution in [2.45, 2.75) is 93.7 Å². The molecule has 4 heteroatoms. The summed E-state index contributed by atoms with van der Waals surface area (Å²) in [6, 6.07) is 0. The third kappa shape index (κ3) is 2.55. The quantitative estimate of drug-likeness (QED) is 0.494. The highest BCUT2D eigenvalue weighted by molar-refractivity contribution is 5.03. The van der Waals surface area contributed by atoms with Crippen molar-refractivity contribution in [2.24, 2.45) is 46.3 Å². The Morgan fingerprint density at radius 2 is 0.808 bits per heavy atom. The monoisotopic (exact) mass is 368 g/mol. The second kappa shape index (κ2) is 6.17. The molecule has 4 nitrogen and oxygen atoms in total. The molecule has 2 aliphatic carbocycles. The predicted molar refractivity (Wildman–Crippen MR) is 102 cm³/mol. The number of hydrogen-bond donors (Lipinski definition) is 0. The molecule has 1 heterocycles. The van der Waals surface area contributed by atoms with Crippen LogP contribution in [0.1, 0.15) is 82.1 Å². The zero-order valence-electron chi connectivity index (χ0n) is 18.5. The normalized spacial score (nSPS) is 53.8. The Labute approximate surface area is 160 Å². The summed E-state index contributed by atoms with van der Waals surface area (Å²) in [7, 11) is 0. The van der Waals surface area contributed by atoms with E-state index >= 15 is 0 Å². The van der Waals surface area contributed by atoms with E-state index in [1.54, 1.807) is 0 Å². The minimum atomic E-state index is -0.869. The first kappa shape index (κ1) is 20.6. The first-order valence-electron chi connectivity index (χ1n) is 10.5. The molecule has 0 aromatic carbocycles. The van der Waals surface area contributed by atoms with E-state index in [1.807, 2.05) is 0 Å². The van der Waals surface area contributed by atoms with Crippen molar-refractivity contribution in [2.75, 3.05) is 0 Å². The van der Waals surface area contributed by atoms with Gasteiger partial charge >= 0.3 is 0 Å². The molecule has 1 saturated heterocycles. The van der Waals surface area contributed by atoms with Gasteiger partial charge in [-0.3, -0.25) is 0 Å². The Balaban J connectivity index is 1.92. The van der Waals surface area contributed by atoms with Crippen molar-refractivity contribution in [1.82, 2.24) is 0 Å². The average Bonchev–Trinajstić information content (AvgIpc) is 2.55. The fraction of sp³-hybridized carbons (Fsp3) is 1.00. The Morgan fingerprint density at radius 1 is 0.538 bits per heavy atom. The molecule has 3 aliphatic rings. The van der Waals surface area contributed by atoms with Gasteiger partial charge in [0.15, 0.2) is 0 Å². The maximum absolute atomic E-state index is 6.29. The van der Waals surface area contributed by atoms with Gasteiger partial charge in [-0.2, -0.15) is 19.6 Å². The lowest BCUT2D eigenvalue weighted by Crippen LogP contribution is -2.70. The van der Waals surface area contributed by atoms with Gasteiger partial charge in [-0.15, -0.1) is 0 Å². The summed E-state index contributed by atoms with van der Waals surface area (Å²) in [5.74, 6) is 0.784. The highest BCUT2D eigenvalue weighted by Crippen LogP contribution is 2.61. The van der Waals surface area contributed by atoms with Crippen LogP contribution in [0.5, 0.6) is 0 Å². The molecule has 6 atom stereocenters. The van der Waals surface area contributed by atoms with Gasteiger partial charge in [-0.05, 0) is 36.5 Å². The summed E-state index contributed by atoms with van der Waals surface area (Å²) in [6.45, 7) is 22.4. The SMILES string of the molecule is CC1CC(C)(C)C2(OOC3(OO2)C(C)C(C)C(C)CC3(C)C)C(C)C1C. The smallest absolute Gasteiger partial charge is 0.194 e. The fourth-order valence-electron chi connectivity index (χ4n) is 6.21. The van der Waals surface area contributed by atoms with Gasteiger partial charge < -0.3 is 0 Å². The molecule has 3 rings (SSSR count). The van der Waals surface area contributed by atoms with Gasteiger partial charge in [0.1, 0.15) is 0 Å². The molecule has 2 spiro atoms. The molecule has 3 fully saturated rings. The lowest BCUT2D eigenvalue weighted by atomic mass is 9.58. The number of rotatable bonds is 0. The molecule has 26 heavy (non-hydrogen) atoms. The zero-order chi connectivity index (χ0) is 19.7. The molecule has 0 aromatic heterocycles. The highest BCUT2D eigenvalue weighted by atomic mass is 17.4. The summed E-state index contributed by atoms with van der Waals surface area (Å²) < 4.78 is 0. The Hall–Kier alpha value is -0.160. The Morgan fingerprint density at radius 3 is 1.08 bits per heavy atom. The van der Waals surface area contributed by atoms with E-state index in [-0.39, 0.29) is 22.7 Å². The van der Waals surface area contributed by atoms with Crippen molar-refractivity contribution < 1.29 is 19.6 Å². The van der Waals surface area contributed by atoms with Crippen molar-refractivity contribution in [3.8, 4) is 0 Å². The van der Waals surface area contributed by atoms with E-state index in [2.05, 4.69) is 69.2 Å². The highest BCUT2D eigenvalue weighted by Gasteiger charge is 2.68. The second-order valence-corrected chi connectivity index (χ2v) is 11.1. The van der Waals surface area contributed by atoms with Crippen molar-refractivity contribution in [1.29, 1.82) is 0 Å². The summed E-state index contributed by atoms with van der Waals surface area (Å²) >= 11 is 0. The summed E-state index contributed by atoms with van der Waals surface area (Å²) in [5.41, 5.74) is -0.387. The molecule has 152 valence electrons. The molecule has 0 amide bonds. The van der Waals surface area contributed by atoms with Crippen LogP contribution in [0.25, 0.3) is 0 Å². The standard InChI is InChI=1S/C22H40O4/c1-13-11-19(7,8)21(17(5)15(13)3)23-25-22(26-24-21)18(6)16(4)14(2)12-20(22,9)10/h13-18H,11-12H2,1-10H3. The van der Waals surface area contributed by atoms with Crippen LogP contribution in [-0.2, 0) is 19.6 Å². The average molecular weight is 369 g/mol. The van der Waals surface area contributed by atoms with Crippen molar-refractivity contribution >= 4 is 0 Å². The van der Waals surface area contributed by atoms with Gasteiger partial charge in [0, 0.05) is 22.7 Å². The molecule has 2 saturated carbocycles. The minimum Gasteiger partial charge on any atom is -0.194 e. The van der Waals surface area contributed by atoms with E-state index < -0.39 is 11.6 Å². The van der Waals surface area contributed by atoms with E-state index in [0.29, 0.717) is 23.7 Å². The lowest BCUT2D eigenvalue weighted by molar-refractivity contribution is -0.702. The third-order valence-electron chi connectivity index (χ3n) is 8.70. The van der Waals surface area contributed by atoms with Crippen LogP contribution in [0.15, 0.2) is 0 Å². The van der Waals surface area contributed by atoms with Gasteiger partial charge in [-0.25, -0.2) is 0 Å². The van der Waals surface area contributed by atoms with Crippen molar-refractivity contribution in [3.63, 3.8) is 0 Å². The molecule has 0 radical (unpaired) electrons. The van der Waals surface area contributed by atoms with E-state index in [9.17, 15) is 0 Å². The zero-order valence-corrected chi connectivity index (χ0v) is 18.5. The summed E-state index contributed by atoms with van der Waals surface area (Å²) in [6.07, 6.45) is 2.04. The van der Waals surface area contributed by atoms with Gasteiger partial charge in [0.25, 0.3) is 0 Å². The summed E-state index contributed by atoms with van der Waals surface area (Å²) in [5, 5.41) is 0. The van der Waals surface area contributed by atoms with Gasteiger partial charge in [0.05, 0.1) is 0 Å². The maximum atomic E-state index is 6.29. The molecular weight excluding hydrogens is 328 g/mol. The molecule has 0 aromatic rings. The van der Waals surface area contributed by atoms with E-state index in [1.165, 1.54) is 0 Å². The molecule has 0 bridgehead atoms. The first-order valence-corrected chi connectivity index (χ1v) is 10.5. The van der Waals surface area contributed by atoms with E-state index in [4.69, 9.17) is 19.6 Å². The maximum Gasteiger partial charge on any atom is 0.241 e. The second-order valence-electron chi connectivity index (χ2n) is 11.1. The fourth-order valence-corrected chi connectivity index (χ4v) is 6.21. The van der Waals surface area contributed by atoms with Crippen molar-refractivity contribution in [3.05, 3.63) is 0 Å². The topological polar surface area (TPSA) is 36.9 Å². The van der Waals surface area contributed by atoms with Crippen LogP contribution in [0.2, 0.25) is 0 Å². The summed E-state index contributed by atoms with van der Waals surface area (Å²) in [4.78, 5) is 25.2. The molecule has 0 N–H and O–H groups in total. The Kier molecular flexibility index (Phi) is 4.88. The van der Waals surface area contributed by atoms with E-state index in [0.717, 1.165) is 12.8 Å². The lowest BCUT2D eigenvalue weighted by Gasteiger charge is -2.62. The van der Waals surface area contributed by atoms with Gasteiger partial charge in [0.2, 0.25) is 11.6 Å².